The van der Waals surface area contributed by atoms with Gasteiger partial charge in [-0.15, -0.1) is 0 Å². The van der Waals surface area contributed by atoms with Crippen LogP contribution in [0.1, 0.15) is 6.92 Å². The van der Waals surface area contributed by atoms with Crippen molar-refractivity contribution >= 4 is 11.9 Å². The molecule has 0 radical (unpaired) electrons. The van der Waals surface area contributed by atoms with Gasteiger partial charge < -0.3 is 19.8 Å². The molecule has 4 nitrogen and oxygen atoms in total. The first-order valence-electron chi connectivity index (χ1n) is 2.80. The molecule has 0 aliphatic heterocycles. The average molecular weight is 200 g/mol. The van der Waals surface area contributed by atoms with E-state index in [1.54, 1.807) is 0 Å². The number of allylic oxidation sites excluding steroid dienone is 2. The topological polar surface area (TPSA) is 80.3 Å². The molecule has 0 atom stereocenters. The Morgan fingerprint density at radius 2 is 1.46 bits per heavy atom. The standard InChI is InChI=1S/C7H8O4.2Na/c1-5(4-7(10)11)2-3-6(8)9;;/h2-4H,1H3,(H,8,9)(H,10,11);;/q;2*+1/p-2/b3-2-,5-4-;;. The summed E-state index contributed by atoms with van der Waals surface area (Å²) in [5.41, 5.74) is 0.286. The van der Waals surface area contributed by atoms with Gasteiger partial charge in [0.2, 0.25) is 0 Å². The summed E-state index contributed by atoms with van der Waals surface area (Å²) in [7, 11) is 0. The van der Waals surface area contributed by atoms with Crippen molar-refractivity contribution in [2.45, 2.75) is 6.92 Å². The Morgan fingerprint density at radius 3 is 1.77 bits per heavy atom. The Morgan fingerprint density at radius 1 is 1.00 bits per heavy atom. The fourth-order valence-electron chi connectivity index (χ4n) is 0.433. The summed E-state index contributed by atoms with van der Waals surface area (Å²) in [6, 6.07) is 0. The average Bonchev–Trinajstić information content (AvgIpc) is 1.82. The second kappa shape index (κ2) is 10.5. The molecule has 0 unspecified atom stereocenters. The van der Waals surface area contributed by atoms with Gasteiger partial charge in [-0.2, -0.15) is 0 Å². The van der Waals surface area contributed by atoms with E-state index in [0.717, 1.165) is 18.2 Å². The molecule has 0 saturated heterocycles. The van der Waals surface area contributed by atoms with Gasteiger partial charge in [-0.05, 0) is 24.6 Å². The minimum atomic E-state index is -1.36. The van der Waals surface area contributed by atoms with E-state index in [1.165, 1.54) is 6.92 Å². The maximum Gasteiger partial charge on any atom is 1.00 e. The van der Waals surface area contributed by atoms with Crippen molar-refractivity contribution in [3.63, 3.8) is 0 Å². The molecule has 0 aromatic rings. The SMILES string of the molecule is CC(/C=C\C(=O)[O-])=C/C(=O)[O-].[Na+].[Na+]. The van der Waals surface area contributed by atoms with Crippen molar-refractivity contribution < 1.29 is 78.9 Å². The van der Waals surface area contributed by atoms with Gasteiger partial charge in [0, 0.05) is 0 Å². The van der Waals surface area contributed by atoms with Gasteiger partial charge in [0.25, 0.3) is 0 Å². The Hall–Kier alpha value is 0.420. The van der Waals surface area contributed by atoms with Crippen LogP contribution >= 0.6 is 0 Å². The van der Waals surface area contributed by atoms with Gasteiger partial charge in [0.05, 0.1) is 11.9 Å². The number of hydrogen-bond acceptors (Lipinski definition) is 4. The number of carbonyl (C=O) groups is 2. The number of rotatable bonds is 3. The van der Waals surface area contributed by atoms with Crippen LogP contribution in [0.5, 0.6) is 0 Å². The fraction of sp³-hybridized carbons (Fsp3) is 0.143. The first-order chi connectivity index (χ1) is 5.02. The molecule has 0 amide bonds. The molecule has 0 aliphatic rings. The molecular weight excluding hydrogens is 194 g/mol. The fourth-order valence-corrected chi connectivity index (χ4v) is 0.433. The third-order valence-corrected chi connectivity index (χ3v) is 0.828. The summed E-state index contributed by atoms with van der Waals surface area (Å²) in [4.78, 5) is 19.7. The number of carboxylic acids is 2. The van der Waals surface area contributed by atoms with Gasteiger partial charge in [-0.1, -0.05) is 6.08 Å². The van der Waals surface area contributed by atoms with E-state index in [0.29, 0.717) is 0 Å². The van der Waals surface area contributed by atoms with Crippen molar-refractivity contribution in [3.8, 4) is 0 Å². The van der Waals surface area contributed by atoms with Crippen LogP contribution in [0.15, 0.2) is 23.8 Å². The normalized spacial score (nSPS) is 10.1. The second-order valence-electron chi connectivity index (χ2n) is 1.86. The molecule has 0 aromatic heterocycles. The minimum absolute atomic E-state index is 0. The van der Waals surface area contributed by atoms with Gasteiger partial charge in [-0.3, -0.25) is 0 Å². The first kappa shape index (κ1) is 19.1. The molecule has 0 heterocycles. The summed E-state index contributed by atoms with van der Waals surface area (Å²) in [5, 5.41) is 19.7. The van der Waals surface area contributed by atoms with Gasteiger partial charge in [-0.25, -0.2) is 0 Å². The molecule has 0 rings (SSSR count). The zero-order valence-electron chi connectivity index (χ0n) is 7.87. The second-order valence-corrected chi connectivity index (χ2v) is 1.86. The van der Waals surface area contributed by atoms with Gasteiger partial charge in [0.15, 0.2) is 0 Å². The van der Waals surface area contributed by atoms with Crippen LogP contribution in [0, 0.1) is 0 Å². The van der Waals surface area contributed by atoms with E-state index in [2.05, 4.69) is 0 Å². The largest absolute Gasteiger partial charge is 1.00 e. The molecule has 0 aromatic carbocycles. The van der Waals surface area contributed by atoms with E-state index in [9.17, 15) is 19.8 Å². The van der Waals surface area contributed by atoms with Crippen LogP contribution in [-0.4, -0.2) is 11.9 Å². The molecule has 0 fully saturated rings. The van der Waals surface area contributed by atoms with Crippen molar-refractivity contribution in [2.75, 3.05) is 0 Å². The number of hydrogen-bond donors (Lipinski definition) is 0. The predicted molar refractivity (Wildman–Crippen MR) is 32.9 cm³/mol. The zero-order valence-corrected chi connectivity index (χ0v) is 11.9. The van der Waals surface area contributed by atoms with E-state index < -0.39 is 11.9 Å². The Labute approximate surface area is 120 Å². The van der Waals surface area contributed by atoms with Crippen LogP contribution in [-0.2, 0) is 9.59 Å². The van der Waals surface area contributed by atoms with E-state index in [1.807, 2.05) is 0 Å². The van der Waals surface area contributed by atoms with E-state index in [4.69, 9.17) is 0 Å². The monoisotopic (exact) mass is 200 g/mol. The van der Waals surface area contributed by atoms with Crippen LogP contribution in [0.4, 0.5) is 0 Å². The molecule has 13 heavy (non-hydrogen) atoms. The minimum Gasteiger partial charge on any atom is -0.545 e. The molecule has 6 heteroatoms. The molecule has 0 aliphatic carbocycles. The Bertz CT molecular complexity index is 233. The molecule has 0 saturated carbocycles. The Balaban J connectivity index is -0.000000500. The summed E-state index contributed by atoms with van der Waals surface area (Å²) in [6.07, 6.45) is 2.65. The third kappa shape index (κ3) is 15.2. The molecule has 0 N–H and O–H groups in total. The molecule has 0 spiro atoms. The maximum atomic E-state index is 9.87. The van der Waals surface area contributed by atoms with E-state index >= 15 is 0 Å². The first-order valence-corrected chi connectivity index (χ1v) is 2.80. The smallest absolute Gasteiger partial charge is 0.545 e. The van der Waals surface area contributed by atoms with Crippen LogP contribution in [0.2, 0.25) is 0 Å². The Kier molecular flexibility index (Phi) is 15.4. The quantitative estimate of drug-likeness (QED) is 0.257. The van der Waals surface area contributed by atoms with Gasteiger partial charge >= 0.3 is 59.1 Å². The summed E-state index contributed by atoms with van der Waals surface area (Å²) in [6.45, 7) is 1.44. The van der Waals surface area contributed by atoms with Crippen molar-refractivity contribution in [3.05, 3.63) is 23.8 Å². The molecule has 0 bridgehead atoms. The van der Waals surface area contributed by atoms with Crippen molar-refractivity contribution in [2.24, 2.45) is 0 Å². The van der Waals surface area contributed by atoms with Gasteiger partial charge in [0.1, 0.15) is 0 Å². The van der Waals surface area contributed by atoms with Crippen molar-refractivity contribution in [1.82, 2.24) is 0 Å². The van der Waals surface area contributed by atoms with Crippen LogP contribution in [0.25, 0.3) is 0 Å². The van der Waals surface area contributed by atoms with Crippen LogP contribution in [0.3, 0.4) is 0 Å². The maximum absolute atomic E-state index is 9.87. The summed E-state index contributed by atoms with van der Waals surface area (Å²) in [5.74, 6) is -2.72. The number of carboxylic acid groups (broad SMARTS) is 2. The molecular formula is C7H6Na2O4. The van der Waals surface area contributed by atoms with Crippen LogP contribution < -0.4 is 69.3 Å². The van der Waals surface area contributed by atoms with E-state index in [-0.39, 0.29) is 64.7 Å². The number of carbonyl (C=O) groups excluding carboxylic acids is 2. The summed E-state index contributed by atoms with van der Waals surface area (Å²) >= 11 is 0. The summed E-state index contributed by atoms with van der Waals surface area (Å²) < 4.78 is 0. The molecule has 60 valence electrons. The predicted octanol–water partition coefficient (Wildman–Crippen LogP) is -8.00. The van der Waals surface area contributed by atoms with Crippen molar-refractivity contribution in [1.29, 1.82) is 0 Å². The zero-order chi connectivity index (χ0) is 8.85. The third-order valence-electron chi connectivity index (χ3n) is 0.828. The number of aliphatic carboxylic acids is 2.